The molecule has 0 aliphatic rings. The topological polar surface area (TPSA) is 43.1 Å². The summed E-state index contributed by atoms with van der Waals surface area (Å²) in [6, 6.07) is 7.96. The first-order valence-corrected chi connectivity index (χ1v) is 4.87. The molecule has 0 heterocycles. The highest BCUT2D eigenvalue weighted by Crippen LogP contribution is 2.11. The van der Waals surface area contributed by atoms with Crippen molar-refractivity contribution in [3.05, 3.63) is 54.6 Å². The van der Waals surface area contributed by atoms with Crippen LogP contribution in [0.15, 0.2) is 43.5 Å². The minimum atomic E-state index is -0.481. The van der Waals surface area contributed by atoms with Crippen molar-refractivity contribution in [1.82, 2.24) is 0 Å². The molecule has 2 N–H and O–H groups in total. The van der Waals surface area contributed by atoms with Gasteiger partial charge in [0, 0.05) is 5.88 Å². The molecule has 2 nitrogen and oxygen atoms in total. The molecular weight excluding hydrogens is 210 g/mol. The second kappa shape index (κ2) is 7.83. The standard InChI is InChI=1S/C9H9Cl.C3H5NO/c1-2-8-5-3-4-6-9(8)7-10;1-2-3(4)5/h2-6H,1,7H2;2H,1H2,(H2,4,5). The largest absolute Gasteiger partial charge is 0.366 e. The van der Waals surface area contributed by atoms with Crippen molar-refractivity contribution in [3.8, 4) is 0 Å². The lowest BCUT2D eigenvalue weighted by atomic mass is 10.1. The Bertz CT molecular complexity index is 347. The molecule has 0 atom stereocenters. The number of nitrogens with two attached hydrogens (primary N) is 1. The zero-order valence-electron chi connectivity index (χ0n) is 8.45. The van der Waals surface area contributed by atoms with E-state index in [0.717, 1.165) is 17.2 Å². The van der Waals surface area contributed by atoms with Gasteiger partial charge in [-0.05, 0) is 17.2 Å². The predicted octanol–water partition coefficient (Wildman–Crippen LogP) is 2.73. The Labute approximate surface area is 95.1 Å². The molecule has 0 radical (unpaired) electrons. The van der Waals surface area contributed by atoms with Gasteiger partial charge >= 0.3 is 0 Å². The van der Waals surface area contributed by atoms with E-state index in [4.69, 9.17) is 11.6 Å². The van der Waals surface area contributed by atoms with E-state index in [1.807, 2.05) is 30.3 Å². The van der Waals surface area contributed by atoms with E-state index < -0.39 is 5.91 Å². The summed E-state index contributed by atoms with van der Waals surface area (Å²) in [5.41, 5.74) is 6.80. The molecule has 0 spiro atoms. The van der Waals surface area contributed by atoms with Crippen LogP contribution >= 0.6 is 11.6 Å². The zero-order chi connectivity index (χ0) is 11.7. The molecule has 0 saturated carbocycles. The van der Waals surface area contributed by atoms with Crippen molar-refractivity contribution >= 4 is 23.6 Å². The van der Waals surface area contributed by atoms with Gasteiger partial charge in [0.2, 0.25) is 5.91 Å². The van der Waals surface area contributed by atoms with Crippen LogP contribution in [0.5, 0.6) is 0 Å². The fourth-order valence-corrected chi connectivity index (χ4v) is 1.10. The average molecular weight is 224 g/mol. The smallest absolute Gasteiger partial charge is 0.240 e. The lowest BCUT2D eigenvalue weighted by Gasteiger charge is -1.98. The molecule has 3 heteroatoms. The maximum Gasteiger partial charge on any atom is 0.240 e. The van der Waals surface area contributed by atoms with Gasteiger partial charge in [0.15, 0.2) is 0 Å². The third-order valence-electron chi connectivity index (χ3n) is 1.62. The Balaban J connectivity index is 0.000000336. The van der Waals surface area contributed by atoms with Gasteiger partial charge in [-0.1, -0.05) is 43.5 Å². The van der Waals surface area contributed by atoms with Gasteiger partial charge < -0.3 is 5.73 Å². The van der Waals surface area contributed by atoms with E-state index >= 15 is 0 Å². The summed E-state index contributed by atoms with van der Waals surface area (Å²) in [7, 11) is 0. The molecule has 0 aromatic heterocycles. The molecule has 0 aliphatic heterocycles. The highest BCUT2D eigenvalue weighted by molar-refractivity contribution is 6.17. The molecule has 1 aromatic carbocycles. The lowest BCUT2D eigenvalue weighted by Crippen LogP contribution is -2.04. The highest BCUT2D eigenvalue weighted by atomic mass is 35.5. The van der Waals surface area contributed by atoms with Crippen LogP contribution in [-0.2, 0) is 10.7 Å². The maximum atomic E-state index is 9.47. The zero-order valence-corrected chi connectivity index (χ0v) is 9.20. The average Bonchev–Trinajstić information content (AvgIpc) is 2.29. The molecule has 1 amide bonds. The van der Waals surface area contributed by atoms with Crippen molar-refractivity contribution < 1.29 is 4.79 Å². The summed E-state index contributed by atoms with van der Waals surface area (Å²) < 4.78 is 0. The molecule has 80 valence electrons. The number of hydrogen-bond donors (Lipinski definition) is 1. The third kappa shape index (κ3) is 5.70. The Hall–Kier alpha value is -1.54. The summed E-state index contributed by atoms with van der Waals surface area (Å²) in [6.45, 7) is 6.77. The number of carbonyl (C=O) groups excluding carboxylic acids is 1. The summed E-state index contributed by atoms with van der Waals surface area (Å²) in [4.78, 5) is 9.47. The SMILES string of the molecule is C=CC(N)=O.C=Cc1ccccc1CCl. The molecule has 1 rings (SSSR count). The quantitative estimate of drug-likeness (QED) is 0.622. The van der Waals surface area contributed by atoms with E-state index in [1.54, 1.807) is 0 Å². The molecule has 0 unspecified atom stereocenters. The first-order valence-electron chi connectivity index (χ1n) is 4.33. The number of halogens is 1. The fourth-order valence-electron chi connectivity index (χ4n) is 0.855. The highest BCUT2D eigenvalue weighted by Gasteiger charge is 1.93. The molecule has 0 saturated heterocycles. The number of carbonyl (C=O) groups is 1. The number of primary amides is 1. The number of amides is 1. The van der Waals surface area contributed by atoms with Crippen LogP contribution in [-0.4, -0.2) is 5.91 Å². The van der Waals surface area contributed by atoms with Gasteiger partial charge in [-0.3, -0.25) is 4.79 Å². The molecule has 1 aromatic rings. The van der Waals surface area contributed by atoms with Crippen molar-refractivity contribution in [2.24, 2.45) is 5.73 Å². The Kier molecular flexibility index (Phi) is 7.02. The van der Waals surface area contributed by atoms with Crippen LogP contribution in [0, 0.1) is 0 Å². The second-order valence-electron chi connectivity index (χ2n) is 2.64. The molecular formula is C12H14ClNO. The van der Waals surface area contributed by atoms with Gasteiger partial charge in [0.1, 0.15) is 0 Å². The Morgan fingerprint density at radius 2 is 1.93 bits per heavy atom. The normalized spacial score (nSPS) is 8.33. The molecule has 0 fully saturated rings. The first kappa shape index (κ1) is 13.5. The maximum absolute atomic E-state index is 9.47. The van der Waals surface area contributed by atoms with Gasteiger partial charge in [-0.25, -0.2) is 0 Å². The van der Waals surface area contributed by atoms with E-state index in [1.165, 1.54) is 0 Å². The Morgan fingerprint density at radius 1 is 1.40 bits per heavy atom. The number of alkyl halides is 1. The van der Waals surface area contributed by atoms with Crippen LogP contribution in [0.3, 0.4) is 0 Å². The number of benzene rings is 1. The van der Waals surface area contributed by atoms with E-state index in [-0.39, 0.29) is 0 Å². The van der Waals surface area contributed by atoms with Gasteiger partial charge in [-0.15, -0.1) is 11.6 Å². The molecule has 0 aliphatic carbocycles. The molecule has 15 heavy (non-hydrogen) atoms. The van der Waals surface area contributed by atoms with Crippen molar-refractivity contribution in [2.75, 3.05) is 0 Å². The summed E-state index contributed by atoms with van der Waals surface area (Å²) >= 11 is 5.66. The second-order valence-corrected chi connectivity index (χ2v) is 2.91. The lowest BCUT2D eigenvalue weighted by molar-refractivity contribution is -0.113. The van der Waals surface area contributed by atoms with Crippen LogP contribution in [0.1, 0.15) is 11.1 Å². The van der Waals surface area contributed by atoms with E-state index in [9.17, 15) is 4.79 Å². The van der Waals surface area contributed by atoms with E-state index in [2.05, 4.69) is 18.9 Å². The summed E-state index contributed by atoms with van der Waals surface area (Å²) in [6.07, 6.45) is 2.87. The monoisotopic (exact) mass is 223 g/mol. The van der Waals surface area contributed by atoms with Crippen molar-refractivity contribution in [3.63, 3.8) is 0 Å². The fraction of sp³-hybridized carbons (Fsp3) is 0.0833. The first-order chi connectivity index (χ1) is 7.15. The summed E-state index contributed by atoms with van der Waals surface area (Å²) in [5.74, 6) is 0.0763. The van der Waals surface area contributed by atoms with Gasteiger partial charge in [-0.2, -0.15) is 0 Å². The third-order valence-corrected chi connectivity index (χ3v) is 1.91. The number of hydrogen-bond acceptors (Lipinski definition) is 1. The summed E-state index contributed by atoms with van der Waals surface area (Å²) in [5, 5.41) is 0. The van der Waals surface area contributed by atoms with Gasteiger partial charge in [0.05, 0.1) is 0 Å². The number of rotatable bonds is 3. The van der Waals surface area contributed by atoms with E-state index in [0.29, 0.717) is 5.88 Å². The van der Waals surface area contributed by atoms with Gasteiger partial charge in [0.25, 0.3) is 0 Å². The van der Waals surface area contributed by atoms with Crippen molar-refractivity contribution in [1.29, 1.82) is 0 Å². The van der Waals surface area contributed by atoms with Crippen LogP contribution in [0.25, 0.3) is 6.08 Å². The minimum Gasteiger partial charge on any atom is -0.366 e. The van der Waals surface area contributed by atoms with Crippen LogP contribution < -0.4 is 5.73 Å². The predicted molar refractivity (Wildman–Crippen MR) is 65.5 cm³/mol. The van der Waals surface area contributed by atoms with Crippen molar-refractivity contribution in [2.45, 2.75) is 5.88 Å². The van der Waals surface area contributed by atoms with Crippen LogP contribution in [0.2, 0.25) is 0 Å². The minimum absolute atomic E-state index is 0.481. The Morgan fingerprint density at radius 3 is 2.27 bits per heavy atom. The van der Waals surface area contributed by atoms with Crippen LogP contribution in [0.4, 0.5) is 0 Å². The molecule has 0 bridgehead atoms.